The second-order valence-electron chi connectivity index (χ2n) is 7.11. The number of ketones is 1. The third-order valence-electron chi connectivity index (χ3n) is 4.78. The molecule has 0 saturated carbocycles. The van der Waals surface area contributed by atoms with E-state index in [2.05, 4.69) is 10.6 Å². The van der Waals surface area contributed by atoms with E-state index < -0.39 is 24.0 Å². The van der Waals surface area contributed by atoms with Crippen LogP contribution in [0, 0.1) is 6.92 Å². The van der Waals surface area contributed by atoms with Crippen molar-refractivity contribution in [2.75, 3.05) is 13.2 Å². The van der Waals surface area contributed by atoms with Gasteiger partial charge >= 0.3 is 18.0 Å². The number of benzene rings is 1. The van der Waals surface area contributed by atoms with Gasteiger partial charge in [-0.2, -0.15) is 0 Å². The van der Waals surface area contributed by atoms with E-state index in [1.807, 2.05) is 19.1 Å². The van der Waals surface area contributed by atoms with Gasteiger partial charge in [0.1, 0.15) is 18.4 Å². The van der Waals surface area contributed by atoms with Crippen LogP contribution in [0.15, 0.2) is 58.3 Å². The molecule has 0 saturated heterocycles. The Labute approximate surface area is 184 Å². The van der Waals surface area contributed by atoms with Crippen molar-refractivity contribution in [3.05, 3.63) is 70.8 Å². The maximum Gasteiger partial charge on any atom is 0.338 e. The van der Waals surface area contributed by atoms with Gasteiger partial charge in [0.15, 0.2) is 5.78 Å². The molecule has 1 atom stereocenters. The molecule has 2 amide bonds. The summed E-state index contributed by atoms with van der Waals surface area (Å²) in [5.41, 5.74) is 1.71. The summed E-state index contributed by atoms with van der Waals surface area (Å²) in [4.78, 5) is 49.1. The van der Waals surface area contributed by atoms with Crippen LogP contribution < -0.4 is 10.6 Å². The SMILES string of the molecule is CCOC(=O)C1=C(COC(=O)CCC(=O)c2ccc(C)cc2)NC(=O)NC1c1ccco1. The fraction of sp³-hybridized carbons (Fsp3) is 0.304. The maximum absolute atomic E-state index is 12.6. The van der Waals surface area contributed by atoms with Gasteiger partial charge in [-0.05, 0) is 26.0 Å². The van der Waals surface area contributed by atoms with Crippen molar-refractivity contribution in [2.24, 2.45) is 0 Å². The highest BCUT2D eigenvalue weighted by molar-refractivity contribution is 5.97. The van der Waals surface area contributed by atoms with Gasteiger partial charge in [-0.1, -0.05) is 29.8 Å². The Hall–Kier alpha value is -3.88. The molecule has 1 aliphatic rings. The molecule has 1 aliphatic heterocycles. The fourth-order valence-electron chi connectivity index (χ4n) is 3.17. The highest BCUT2D eigenvalue weighted by Gasteiger charge is 2.35. The largest absolute Gasteiger partial charge is 0.467 e. The van der Waals surface area contributed by atoms with E-state index in [0.29, 0.717) is 11.3 Å². The van der Waals surface area contributed by atoms with Gasteiger partial charge in [0.25, 0.3) is 0 Å². The standard InChI is InChI=1S/C23H24N2O7/c1-3-30-22(28)20-16(24-23(29)25-21(20)18-5-4-12-31-18)13-32-19(27)11-10-17(26)15-8-6-14(2)7-9-15/h4-9,12,21H,3,10-11,13H2,1-2H3,(H2,24,25,29). The Morgan fingerprint density at radius 3 is 2.47 bits per heavy atom. The van der Waals surface area contributed by atoms with Crippen LogP contribution in [0.25, 0.3) is 0 Å². The summed E-state index contributed by atoms with van der Waals surface area (Å²) < 4.78 is 15.7. The highest BCUT2D eigenvalue weighted by atomic mass is 16.5. The van der Waals surface area contributed by atoms with Crippen molar-refractivity contribution < 1.29 is 33.1 Å². The number of aryl methyl sites for hydroxylation is 1. The van der Waals surface area contributed by atoms with Gasteiger partial charge in [-0.3, -0.25) is 9.59 Å². The van der Waals surface area contributed by atoms with Crippen molar-refractivity contribution in [3.63, 3.8) is 0 Å². The van der Waals surface area contributed by atoms with Crippen molar-refractivity contribution in [1.29, 1.82) is 0 Å². The first-order valence-corrected chi connectivity index (χ1v) is 10.2. The number of hydrogen-bond donors (Lipinski definition) is 2. The first-order chi connectivity index (χ1) is 15.4. The summed E-state index contributed by atoms with van der Waals surface area (Å²) in [6.07, 6.45) is 1.26. The molecule has 0 spiro atoms. The molecule has 0 bridgehead atoms. The van der Waals surface area contributed by atoms with Gasteiger partial charge in [0.2, 0.25) is 0 Å². The number of Topliss-reactive ketones (excluding diaryl/α,β-unsaturated/α-hetero) is 1. The number of carbonyl (C=O) groups is 4. The van der Waals surface area contributed by atoms with Crippen LogP contribution in [0.3, 0.4) is 0 Å². The lowest BCUT2D eigenvalue weighted by Gasteiger charge is -2.27. The topological polar surface area (TPSA) is 124 Å². The van der Waals surface area contributed by atoms with E-state index in [0.717, 1.165) is 5.56 Å². The minimum Gasteiger partial charge on any atom is -0.467 e. The number of rotatable bonds is 9. The Balaban J connectivity index is 1.68. The fourth-order valence-corrected chi connectivity index (χ4v) is 3.17. The van der Waals surface area contributed by atoms with E-state index in [4.69, 9.17) is 13.9 Å². The van der Waals surface area contributed by atoms with Crippen LogP contribution in [0.4, 0.5) is 4.79 Å². The zero-order valence-electron chi connectivity index (χ0n) is 17.8. The van der Waals surface area contributed by atoms with Crippen molar-refractivity contribution >= 4 is 23.8 Å². The zero-order valence-corrected chi connectivity index (χ0v) is 17.8. The van der Waals surface area contributed by atoms with Crippen molar-refractivity contribution in [1.82, 2.24) is 10.6 Å². The van der Waals surface area contributed by atoms with Gasteiger partial charge in [0, 0.05) is 12.0 Å². The number of amides is 2. The number of furan rings is 1. The highest BCUT2D eigenvalue weighted by Crippen LogP contribution is 2.28. The molecule has 1 aromatic heterocycles. The molecule has 0 aliphatic carbocycles. The number of carbonyl (C=O) groups excluding carboxylic acids is 4. The Bertz CT molecular complexity index is 1020. The summed E-state index contributed by atoms with van der Waals surface area (Å²) in [5.74, 6) is -1.16. The molecule has 1 unspecified atom stereocenters. The first kappa shape index (κ1) is 22.8. The summed E-state index contributed by atoms with van der Waals surface area (Å²) in [5, 5.41) is 5.09. The second-order valence-corrected chi connectivity index (χ2v) is 7.11. The minimum absolute atomic E-state index is 0.0192. The average Bonchev–Trinajstić information content (AvgIpc) is 3.31. The summed E-state index contributed by atoms with van der Waals surface area (Å²) in [6, 6.07) is 8.81. The van der Waals surface area contributed by atoms with Gasteiger partial charge in [-0.25, -0.2) is 9.59 Å². The van der Waals surface area contributed by atoms with Crippen molar-refractivity contribution in [2.45, 2.75) is 32.7 Å². The Morgan fingerprint density at radius 2 is 1.81 bits per heavy atom. The van der Waals surface area contributed by atoms with E-state index >= 15 is 0 Å². The lowest BCUT2D eigenvalue weighted by atomic mass is 10.0. The number of urea groups is 1. The van der Waals surface area contributed by atoms with Crippen LogP contribution in [0.2, 0.25) is 0 Å². The van der Waals surface area contributed by atoms with Gasteiger partial charge < -0.3 is 24.5 Å². The number of hydrogen-bond acceptors (Lipinski definition) is 7. The lowest BCUT2D eigenvalue weighted by Crippen LogP contribution is -2.47. The summed E-state index contributed by atoms with van der Waals surface area (Å²) >= 11 is 0. The summed E-state index contributed by atoms with van der Waals surface area (Å²) in [7, 11) is 0. The van der Waals surface area contributed by atoms with E-state index in [9.17, 15) is 19.2 Å². The van der Waals surface area contributed by atoms with Gasteiger partial charge in [0.05, 0.1) is 30.6 Å². The average molecular weight is 440 g/mol. The summed E-state index contributed by atoms with van der Waals surface area (Å²) in [6.45, 7) is 3.33. The normalized spacial score (nSPS) is 15.6. The van der Waals surface area contributed by atoms with Crippen LogP contribution in [-0.4, -0.2) is 37.0 Å². The third-order valence-corrected chi connectivity index (χ3v) is 4.78. The smallest absolute Gasteiger partial charge is 0.338 e. The van der Waals surface area contributed by atoms with Crippen LogP contribution in [-0.2, 0) is 19.1 Å². The Morgan fingerprint density at radius 1 is 1.06 bits per heavy atom. The Kier molecular flexibility index (Phi) is 7.43. The molecule has 1 aromatic carbocycles. The molecule has 2 aromatic rings. The molecule has 0 fully saturated rings. The molecule has 3 rings (SSSR count). The molecule has 0 radical (unpaired) electrons. The van der Waals surface area contributed by atoms with Crippen LogP contribution in [0.5, 0.6) is 0 Å². The third kappa shape index (κ3) is 5.63. The van der Waals surface area contributed by atoms with Crippen LogP contribution >= 0.6 is 0 Å². The molecule has 32 heavy (non-hydrogen) atoms. The molecule has 168 valence electrons. The number of ether oxygens (including phenoxy) is 2. The lowest BCUT2D eigenvalue weighted by molar-refractivity contribution is -0.143. The predicted molar refractivity (Wildman–Crippen MR) is 112 cm³/mol. The molecule has 9 nitrogen and oxygen atoms in total. The number of esters is 2. The second kappa shape index (κ2) is 10.4. The van der Waals surface area contributed by atoms with E-state index in [-0.39, 0.29) is 43.1 Å². The van der Waals surface area contributed by atoms with E-state index in [1.54, 1.807) is 31.2 Å². The monoisotopic (exact) mass is 440 g/mol. The van der Waals surface area contributed by atoms with E-state index in [1.165, 1.54) is 6.26 Å². The first-order valence-electron chi connectivity index (χ1n) is 10.2. The quantitative estimate of drug-likeness (QED) is 0.454. The predicted octanol–water partition coefficient (Wildman–Crippen LogP) is 2.97. The zero-order chi connectivity index (χ0) is 23.1. The van der Waals surface area contributed by atoms with Crippen molar-refractivity contribution in [3.8, 4) is 0 Å². The van der Waals surface area contributed by atoms with Gasteiger partial charge in [-0.15, -0.1) is 0 Å². The molecule has 2 heterocycles. The molecule has 9 heteroatoms. The molecular weight excluding hydrogens is 416 g/mol. The molecule has 2 N–H and O–H groups in total. The molecular formula is C23H24N2O7. The minimum atomic E-state index is -0.894. The van der Waals surface area contributed by atoms with Crippen LogP contribution in [0.1, 0.15) is 47.5 Å². The number of nitrogens with one attached hydrogen (secondary N) is 2. The maximum atomic E-state index is 12.6.